The Morgan fingerprint density at radius 1 is 1.29 bits per heavy atom. The van der Waals surface area contributed by atoms with Crippen LogP contribution in [0.2, 0.25) is 0 Å². The van der Waals surface area contributed by atoms with E-state index in [1.54, 1.807) is 4.98 Å². The molecule has 0 radical (unpaired) electrons. The Morgan fingerprint density at radius 2 is 2.00 bits per heavy atom. The molecule has 0 fully saturated rings. The number of pyridine rings is 1. The van der Waals surface area contributed by atoms with Crippen molar-refractivity contribution >= 4 is 11.0 Å². The largest absolute Gasteiger partial charge is 0.481 e. The molecule has 0 amide bonds. The average Bonchev–Trinajstić information content (AvgIpc) is 2.27. The van der Waals surface area contributed by atoms with E-state index in [2.05, 4.69) is 9.97 Å². The smallest absolute Gasteiger partial charge is 0.449 e. The standard InChI is InChI=1S/C9H6F3N3O2/c1-17-5-3-2-4-6(14-5)7(16)15-8(13-4)9(10,11)12/h2-3H,1H3,(H,13,15,16). The zero-order valence-corrected chi connectivity index (χ0v) is 8.50. The Balaban J connectivity index is 2.73. The maximum Gasteiger partial charge on any atom is 0.449 e. The predicted octanol–water partition coefficient (Wildman–Crippen LogP) is 1.35. The van der Waals surface area contributed by atoms with Crippen molar-refractivity contribution in [3.63, 3.8) is 0 Å². The van der Waals surface area contributed by atoms with Crippen LogP contribution in [0.5, 0.6) is 5.88 Å². The molecular formula is C9H6F3N3O2. The van der Waals surface area contributed by atoms with Crippen LogP contribution >= 0.6 is 0 Å². The Kier molecular flexibility index (Phi) is 2.49. The minimum absolute atomic E-state index is 0.129. The number of halogens is 3. The molecule has 90 valence electrons. The normalized spacial score (nSPS) is 11.8. The molecule has 5 nitrogen and oxygen atoms in total. The SMILES string of the molecule is COc1ccc2nc(C(F)(F)F)[nH]c(=O)c2n1. The number of aromatic amines is 1. The number of hydrogen-bond donors (Lipinski definition) is 1. The molecular weight excluding hydrogens is 239 g/mol. The van der Waals surface area contributed by atoms with E-state index < -0.39 is 17.6 Å². The van der Waals surface area contributed by atoms with Gasteiger partial charge in [-0.1, -0.05) is 0 Å². The van der Waals surface area contributed by atoms with Crippen molar-refractivity contribution in [2.24, 2.45) is 0 Å². The van der Waals surface area contributed by atoms with Crippen molar-refractivity contribution < 1.29 is 17.9 Å². The number of H-pyrrole nitrogens is 1. The first-order valence-corrected chi connectivity index (χ1v) is 4.44. The zero-order chi connectivity index (χ0) is 12.6. The molecule has 0 aliphatic heterocycles. The molecule has 2 aromatic heterocycles. The van der Waals surface area contributed by atoms with E-state index in [0.717, 1.165) is 0 Å². The molecule has 2 heterocycles. The fourth-order valence-corrected chi connectivity index (χ4v) is 1.25. The van der Waals surface area contributed by atoms with E-state index in [9.17, 15) is 18.0 Å². The van der Waals surface area contributed by atoms with E-state index in [1.165, 1.54) is 19.2 Å². The van der Waals surface area contributed by atoms with Crippen LogP contribution in [0.15, 0.2) is 16.9 Å². The quantitative estimate of drug-likeness (QED) is 0.823. The maximum atomic E-state index is 12.4. The molecule has 0 unspecified atom stereocenters. The van der Waals surface area contributed by atoms with Crippen LogP contribution in [0.4, 0.5) is 13.2 Å². The van der Waals surface area contributed by atoms with E-state index in [4.69, 9.17) is 4.74 Å². The predicted molar refractivity (Wildman–Crippen MR) is 51.7 cm³/mol. The Morgan fingerprint density at radius 3 is 2.59 bits per heavy atom. The molecule has 0 atom stereocenters. The van der Waals surface area contributed by atoms with Crippen molar-refractivity contribution in [2.45, 2.75) is 6.18 Å². The summed E-state index contributed by atoms with van der Waals surface area (Å²) in [6.45, 7) is 0. The van der Waals surface area contributed by atoms with Crippen molar-refractivity contribution in [2.75, 3.05) is 7.11 Å². The Hall–Kier alpha value is -2.12. The van der Waals surface area contributed by atoms with Crippen LogP contribution in [0.1, 0.15) is 5.82 Å². The lowest BCUT2D eigenvalue weighted by Crippen LogP contribution is -2.19. The summed E-state index contributed by atoms with van der Waals surface area (Å²) >= 11 is 0. The lowest BCUT2D eigenvalue weighted by Gasteiger charge is -2.06. The summed E-state index contributed by atoms with van der Waals surface area (Å²) in [6.07, 6.45) is -4.70. The number of nitrogens with one attached hydrogen (secondary N) is 1. The van der Waals surface area contributed by atoms with Gasteiger partial charge in [-0.15, -0.1) is 0 Å². The summed E-state index contributed by atoms with van der Waals surface area (Å²) in [6, 6.07) is 2.57. The van der Waals surface area contributed by atoms with Crippen LogP contribution < -0.4 is 10.3 Å². The molecule has 0 saturated heterocycles. The molecule has 0 aliphatic carbocycles. The van der Waals surface area contributed by atoms with Gasteiger partial charge in [0.25, 0.3) is 5.56 Å². The van der Waals surface area contributed by atoms with Gasteiger partial charge < -0.3 is 9.72 Å². The van der Waals surface area contributed by atoms with E-state index in [1.807, 2.05) is 0 Å². The van der Waals surface area contributed by atoms with Gasteiger partial charge in [-0.2, -0.15) is 13.2 Å². The molecule has 2 aromatic rings. The minimum atomic E-state index is -4.70. The van der Waals surface area contributed by atoms with Crippen molar-refractivity contribution in [1.29, 1.82) is 0 Å². The number of methoxy groups -OCH3 is 1. The van der Waals surface area contributed by atoms with Crippen molar-refractivity contribution in [3.8, 4) is 5.88 Å². The van der Waals surface area contributed by atoms with Gasteiger partial charge in [0.1, 0.15) is 0 Å². The third-order valence-electron chi connectivity index (χ3n) is 2.01. The highest BCUT2D eigenvalue weighted by atomic mass is 19.4. The molecule has 1 N–H and O–H groups in total. The van der Waals surface area contributed by atoms with Crippen LogP contribution in [-0.2, 0) is 6.18 Å². The van der Waals surface area contributed by atoms with Crippen LogP contribution in [-0.4, -0.2) is 22.1 Å². The maximum absolute atomic E-state index is 12.4. The van der Waals surface area contributed by atoms with Gasteiger partial charge in [0, 0.05) is 6.07 Å². The van der Waals surface area contributed by atoms with E-state index in [0.29, 0.717) is 0 Å². The third-order valence-corrected chi connectivity index (χ3v) is 2.01. The van der Waals surface area contributed by atoms with Gasteiger partial charge in [0.2, 0.25) is 11.7 Å². The van der Waals surface area contributed by atoms with Gasteiger partial charge in [0.05, 0.1) is 12.6 Å². The molecule has 0 aliphatic rings. The molecule has 0 spiro atoms. The minimum Gasteiger partial charge on any atom is -0.481 e. The summed E-state index contributed by atoms with van der Waals surface area (Å²) in [7, 11) is 1.33. The van der Waals surface area contributed by atoms with Crippen LogP contribution in [0.3, 0.4) is 0 Å². The number of alkyl halides is 3. The van der Waals surface area contributed by atoms with Gasteiger partial charge in [-0.05, 0) is 6.07 Å². The third kappa shape index (κ3) is 2.05. The molecule has 0 bridgehead atoms. The summed E-state index contributed by atoms with van der Waals surface area (Å²) in [5, 5.41) is 0. The Labute approximate surface area is 92.3 Å². The summed E-state index contributed by atoms with van der Waals surface area (Å²) in [4.78, 5) is 20.0. The lowest BCUT2D eigenvalue weighted by atomic mass is 10.3. The van der Waals surface area contributed by atoms with Gasteiger partial charge in [0.15, 0.2) is 5.52 Å². The zero-order valence-electron chi connectivity index (χ0n) is 8.50. The number of nitrogens with zero attached hydrogens (tertiary/aromatic N) is 2. The molecule has 8 heteroatoms. The number of rotatable bonds is 1. The monoisotopic (exact) mass is 245 g/mol. The van der Waals surface area contributed by atoms with Crippen LogP contribution in [0.25, 0.3) is 11.0 Å². The second-order valence-corrected chi connectivity index (χ2v) is 3.13. The first-order valence-electron chi connectivity index (χ1n) is 4.44. The summed E-state index contributed by atoms with van der Waals surface area (Å²) in [5.74, 6) is -1.22. The first-order chi connectivity index (χ1) is 7.91. The second-order valence-electron chi connectivity index (χ2n) is 3.13. The highest BCUT2D eigenvalue weighted by Crippen LogP contribution is 2.26. The second kappa shape index (κ2) is 3.72. The number of aromatic nitrogens is 3. The Bertz CT molecular complexity index is 621. The summed E-state index contributed by atoms with van der Waals surface area (Å²) in [5.41, 5.74) is -1.29. The molecule has 2 rings (SSSR count). The van der Waals surface area contributed by atoms with E-state index >= 15 is 0 Å². The number of ether oxygens (including phenoxy) is 1. The lowest BCUT2D eigenvalue weighted by molar-refractivity contribution is -0.144. The van der Waals surface area contributed by atoms with Gasteiger partial charge in [-0.25, -0.2) is 9.97 Å². The topological polar surface area (TPSA) is 67.9 Å². The molecule has 17 heavy (non-hydrogen) atoms. The average molecular weight is 245 g/mol. The van der Waals surface area contributed by atoms with Crippen molar-refractivity contribution in [3.05, 3.63) is 28.3 Å². The number of fused-ring (bicyclic) bond motifs is 1. The first kappa shape index (κ1) is 11.4. The van der Waals surface area contributed by atoms with Crippen LogP contribution in [0, 0.1) is 0 Å². The highest BCUT2D eigenvalue weighted by Gasteiger charge is 2.34. The van der Waals surface area contributed by atoms with E-state index in [-0.39, 0.29) is 16.9 Å². The number of hydrogen-bond acceptors (Lipinski definition) is 4. The fraction of sp³-hybridized carbons (Fsp3) is 0.222. The molecule has 0 saturated carbocycles. The van der Waals surface area contributed by atoms with Crippen molar-refractivity contribution in [1.82, 2.24) is 15.0 Å². The molecule has 0 aromatic carbocycles. The fourth-order valence-electron chi connectivity index (χ4n) is 1.25. The van der Waals surface area contributed by atoms with Gasteiger partial charge in [-0.3, -0.25) is 4.79 Å². The van der Waals surface area contributed by atoms with Gasteiger partial charge >= 0.3 is 6.18 Å². The summed E-state index contributed by atoms with van der Waals surface area (Å²) < 4.78 is 41.9. The highest BCUT2D eigenvalue weighted by molar-refractivity contribution is 5.73.